The average molecular weight is 250 g/mol. The van der Waals surface area contributed by atoms with Crippen molar-refractivity contribution >= 4 is 0 Å². The van der Waals surface area contributed by atoms with Gasteiger partial charge in [0.05, 0.1) is 11.7 Å². The van der Waals surface area contributed by atoms with Crippen molar-refractivity contribution in [2.45, 2.75) is 44.4 Å². The number of aliphatic hydroxyl groups excluding tert-OH is 2. The largest absolute Gasteiger partial charge is 0.416 e. The van der Waals surface area contributed by atoms with E-state index in [0.717, 1.165) is 5.57 Å². The van der Waals surface area contributed by atoms with Crippen LogP contribution in [0.2, 0.25) is 0 Å². The first kappa shape index (κ1) is 14.3. The van der Waals surface area contributed by atoms with Gasteiger partial charge in [0.25, 0.3) is 0 Å². The Hall–Kier alpha value is -0.810. The van der Waals surface area contributed by atoms with Gasteiger partial charge in [-0.15, -0.1) is 0 Å². The molecule has 17 heavy (non-hydrogen) atoms. The lowest BCUT2D eigenvalue weighted by Gasteiger charge is -2.17. The summed E-state index contributed by atoms with van der Waals surface area (Å²) in [6, 6.07) is 0. The van der Waals surface area contributed by atoms with Crippen LogP contribution < -0.4 is 0 Å². The Kier molecular flexibility index (Phi) is 5.21. The lowest BCUT2D eigenvalue weighted by Crippen LogP contribution is -2.13. The van der Waals surface area contributed by atoms with Crippen molar-refractivity contribution < 1.29 is 23.4 Å². The fourth-order valence-corrected chi connectivity index (χ4v) is 1.80. The monoisotopic (exact) mass is 250 g/mol. The zero-order chi connectivity index (χ0) is 12.9. The van der Waals surface area contributed by atoms with E-state index in [0.29, 0.717) is 25.7 Å². The zero-order valence-electron chi connectivity index (χ0n) is 9.50. The molecule has 0 heterocycles. The minimum Gasteiger partial charge on any atom is -0.396 e. The van der Waals surface area contributed by atoms with Crippen LogP contribution in [0.5, 0.6) is 0 Å². The summed E-state index contributed by atoms with van der Waals surface area (Å²) in [7, 11) is 0. The number of rotatable bonds is 5. The van der Waals surface area contributed by atoms with E-state index in [1.807, 2.05) is 0 Å². The van der Waals surface area contributed by atoms with E-state index < -0.39 is 17.9 Å². The summed E-state index contributed by atoms with van der Waals surface area (Å²) in [5.74, 6) is 0. The summed E-state index contributed by atoms with van der Waals surface area (Å²) in [5.41, 5.74) is 0.132. The van der Waals surface area contributed by atoms with E-state index >= 15 is 0 Å². The molecule has 1 aliphatic carbocycles. The molecule has 0 fully saturated rings. The molecule has 1 aliphatic rings. The summed E-state index contributed by atoms with van der Waals surface area (Å²) < 4.78 is 37.3. The minimum atomic E-state index is -4.28. The first-order valence-corrected chi connectivity index (χ1v) is 5.69. The highest BCUT2D eigenvalue weighted by Gasteiger charge is 2.32. The highest BCUT2D eigenvalue weighted by molar-refractivity contribution is 5.31. The molecule has 1 atom stereocenters. The molecular weight excluding hydrogens is 233 g/mol. The Morgan fingerprint density at radius 1 is 1.29 bits per heavy atom. The third-order valence-electron chi connectivity index (χ3n) is 2.78. The van der Waals surface area contributed by atoms with E-state index in [2.05, 4.69) is 0 Å². The Labute approximate surface area is 98.5 Å². The van der Waals surface area contributed by atoms with Crippen LogP contribution in [0.25, 0.3) is 0 Å². The second kappa shape index (κ2) is 6.21. The van der Waals surface area contributed by atoms with Gasteiger partial charge in [0.15, 0.2) is 0 Å². The first-order valence-electron chi connectivity index (χ1n) is 5.69. The normalized spacial score (nSPS) is 18.6. The van der Waals surface area contributed by atoms with Crippen molar-refractivity contribution in [3.63, 3.8) is 0 Å². The molecule has 0 aromatic carbocycles. The molecule has 0 aromatic heterocycles. The van der Waals surface area contributed by atoms with Crippen LogP contribution in [0.4, 0.5) is 13.2 Å². The zero-order valence-corrected chi connectivity index (χ0v) is 9.50. The molecule has 0 aliphatic heterocycles. The fourth-order valence-electron chi connectivity index (χ4n) is 1.80. The molecule has 1 rings (SSSR count). The maximum atomic E-state index is 12.4. The van der Waals surface area contributed by atoms with Gasteiger partial charge < -0.3 is 10.2 Å². The predicted octanol–water partition coefficient (Wildman–Crippen LogP) is 2.72. The van der Waals surface area contributed by atoms with Gasteiger partial charge in [0.1, 0.15) is 0 Å². The smallest absolute Gasteiger partial charge is 0.396 e. The molecule has 0 spiro atoms. The van der Waals surface area contributed by atoms with Gasteiger partial charge in [0, 0.05) is 6.61 Å². The van der Waals surface area contributed by atoms with Crippen molar-refractivity contribution in [3.05, 3.63) is 23.3 Å². The second-order valence-electron chi connectivity index (χ2n) is 4.20. The van der Waals surface area contributed by atoms with Crippen molar-refractivity contribution in [2.24, 2.45) is 0 Å². The molecule has 0 radical (unpaired) electrons. The van der Waals surface area contributed by atoms with Gasteiger partial charge >= 0.3 is 6.18 Å². The Morgan fingerprint density at radius 3 is 2.59 bits per heavy atom. The van der Waals surface area contributed by atoms with Gasteiger partial charge in [0.2, 0.25) is 0 Å². The molecule has 0 unspecified atom stereocenters. The standard InChI is InChI=1S/C12H17F3O2/c13-12(14,15)10-3-1-2-9(8-10)4-5-11(17)6-7-16/h3,8,11,16-17H,1-2,4-7H2/t11-/m0/s1. The van der Waals surface area contributed by atoms with Crippen LogP contribution in [0.1, 0.15) is 32.1 Å². The topological polar surface area (TPSA) is 40.5 Å². The van der Waals surface area contributed by atoms with Crippen LogP contribution in [-0.4, -0.2) is 29.1 Å². The third-order valence-corrected chi connectivity index (χ3v) is 2.78. The Bertz CT molecular complexity index is 305. The summed E-state index contributed by atoms with van der Waals surface area (Å²) in [5, 5.41) is 18.0. The Morgan fingerprint density at radius 2 is 2.00 bits per heavy atom. The number of alkyl halides is 3. The van der Waals surface area contributed by atoms with Crippen molar-refractivity contribution in [3.8, 4) is 0 Å². The van der Waals surface area contributed by atoms with Gasteiger partial charge in [-0.3, -0.25) is 0 Å². The van der Waals surface area contributed by atoms with Crippen molar-refractivity contribution in [1.82, 2.24) is 0 Å². The number of aliphatic hydroxyl groups is 2. The molecule has 98 valence electrons. The SMILES string of the molecule is OCC[C@@H](O)CCC1=CC(C(F)(F)F)=CCC1. The van der Waals surface area contributed by atoms with Crippen LogP contribution >= 0.6 is 0 Å². The van der Waals surface area contributed by atoms with E-state index in [9.17, 15) is 18.3 Å². The van der Waals surface area contributed by atoms with Gasteiger partial charge in [-0.1, -0.05) is 17.7 Å². The van der Waals surface area contributed by atoms with Crippen LogP contribution in [0.15, 0.2) is 23.3 Å². The molecule has 0 amide bonds. The van der Waals surface area contributed by atoms with Crippen LogP contribution in [-0.2, 0) is 0 Å². The molecule has 5 heteroatoms. The van der Waals surface area contributed by atoms with E-state index in [1.54, 1.807) is 0 Å². The van der Waals surface area contributed by atoms with Crippen molar-refractivity contribution in [1.29, 1.82) is 0 Å². The molecular formula is C12H17F3O2. The maximum Gasteiger partial charge on any atom is 0.416 e. The highest BCUT2D eigenvalue weighted by Crippen LogP contribution is 2.32. The molecule has 0 aromatic rings. The second-order valence-corrected chi connectivity index (χ2v) is 4.20. The van der Waals surface area contributed by atoms with Crippen LogP contribution in [0.3, 0.4) is 0 Å². The molecule has 2 nitrogen and oxygen atoms in total. The number of halogens is 3. The van der Waals surface area contributed by atoms with E-state index in [4.69, 9.17) is 5.11 Å². The summed E-state index contributed by atoms with van der Waals surface area (Å²) in [6.45, 7) is -0.103. The Balaban J connectivity index is 2.50. The van der Waals surface area contributed by atoms with Crippen molar-refractivity contribution in [2.75, 3.05) is 6.61 Å². The molecule has 0 saturated carbocycles. The summed E-state index contributed by atoms with van der Waals surface area (Å²) in [4.78, 5) is 0. The van der Waals surface area contributed by atoms with Crippen LogP contribution in [0, 0.1) is 0 Å². The minimum absolute atomic E-state index is 0.103. The van der Waals surface area contributed by atoms with Gasteiger partial charge in [-0.2, -0.15) is 13.2 Å². The summed E-state index contributed by atoms with van der Waals surface area (Å²) in [6.07, 6.45) is -0.400. The summed E-state index contributed by atoms with van der Waals surface area (Å²) >= 11 is 0. The molecule has 2 N–H and O–H groups in total. The van der Waals surface area contributed by atoms with E-state index in [-0.39, 0.29) is 13.0 Å². The average Bonchev–Trinajstić information content (AvgIpc) is 2.26. The lowest BCUT2D eigenvalue weighted by molar-refractivity contribution is -0.0887. The lowest BCUT2D eigenvalue weighted by atomic mass is 9.94. The van der Waals surface area contributed by atoms with Gasteiger partial charge in [-0.25, -0.2) is 0 Å². The molecule has 0 saturated heterocycles. The number of hydrogen-bond donors (Lipinski definition) is 2. The quantitative estimate of drug-likeness (QED) is 0.787. The number of hydrogen-bond acceptors (Lipinski definition) is 2. The molecule has 0 bridgehead atoms. The maximum absolute atomic E-state index is 12.4. The highest BCUT2D eigenvalue weighted by atomic mass is 19.4. The number of allylic oxidation sites excluding steroid dienone is 4. The fraction of sp³-hybridized carbons (Fsp3) is 0.667. The first-order chi connectivity index (χ1) is 7.93. The third kappa shape index (κ3) is 4.91. The van der Waals surface area contributed by atoms with Gasteiger partial charge in [-0.05, 0) is 32.1 Å². The van der Waals surface area contributed by atoms with E-state index in [1.165, 1.54) is 12.2 Å². The predicted molar refractivity (Wildman–Crippen MR) is 58.4 cm³/mol.